The largest absolute Gasteiger partial charge is 0.490 e. The van der Waals surface area contributed by atoms with Crippen molar-refractivity contribution in [3.63, 3.8) is 0 Å². The highest BCUT2D eigenvalue weighted by Crippen LogP contribution is 2.37. The maximum absolute atomic E-state index is 10.6. The fourth-order valence-electron chi connectivity index (χ4n) is 2.47. The van der Waals surface area contributed by atoms with Crippen LogP contribution in [0.4, 0.5) is 0 Å². The Hall–Kier alpha value is -1.31. The number of hydrogen-bond donors (Lipinski definition) is 0. The van der Waals surface area contributed by atoms with Gasteiger partial charge in [0, 0.05) is 11.0 Å². The summed E-state index contributed by atoms with van der Waals surface area (Å²) in [6.45, 7) is 4.55. The van der Waals surface area contributed by atoms with Crippen molar-refractivity contribution in [2.75, 3.05) is 0 Å². The van der Waals surface area contributed by atoms with Crippen LogP contribution in [0, 0.1) is 5.41 Å². The summed E-state index contributed by atoms with van der Waals surface area (Å²) in [5.74, 6) is 0.871. The Morgan fingerprint density at radius 1 is 1.24 bits per heavy atom. The van der Waals surface area contributed by atoms with Crippen LogP contribution in [0.25, 0.3) is 0 Å². The Kier molecular flexibility index (Phi) is 3.51. The number of benzene rings is 1. The van der Waals surface area contributed by atoms with Gasteiger partial charge in [0.25, 0.3) is 0 Å². The number of aldehydes is 1. The standard InChI is InChI=1S/C15H20O2/c1-15(2)10-4-3-5-14(15)17-13-8-6-12(11-16)7-9-13/h6-9,11,14H,3-5,10H2,1-2H3. The maximum atomic E-state index is 10.6. The molecule has 1 saturated carbocycles. The predicted octanol–water partition coefficient (Wildman–Crippen LogP) is 3.85. The van der Waals surface area contributed by atoms with Gasteiger partial charge in [0.1, 0.15) is 18.1 Å². The van der Waals surface area contributed by atoms with E-state index in [0.29, 0.717) is 11.7 Å². The molecule has 0 N–H and O–H groups in total. The molecule has 0 saturated heterocycles. The minimum Gasteiger partial charge on any atom is -0.490 e. The molecule has 1 aliphatic carbocycles. The van der Waals surface area contributed by atoms with Crippen molar-refractivity contribution in [2.45, 2.75) is 45.6 Å². The van der Waals surface area contributed by atoms with Crippen molar-refractivity contribution < 1.29 is 9.53 Å². The van der Waals surface area contributed by atoms with E-state index in [2.05, 4.69) is 13.8 Å². The maximum Gasteiger partial charge on any atom is 0.150 e. The Balaban J connectivity index is 2.06. The zero-order chi connectivity index (χ0) is 12.3. The summed E-state index contributed by atoms with van der Waals surface area (Å²) in [7, 11) is 0. The van der Waals surface area contributed by atoms with Crippen molar-refractivity contribution in [3.05, 3.63) is 29.8 Å². The van der Waals surface area contributed by atoms with Gasteiger partial charge in [0.15, 0.2) is 0 Å². The monoisotopic (exact) mass is 232 g/mol. The van der Waals surface area contributed by atoms with E-state index in [-0.39, 0.29) is 5.41 Å². The highest BCUT2D eigenvalue weighted by Gasteiger charge is 2.33. The molecule has 2 rings (SSSR count). The lowest BCUT2D eigenvalue weighted by Gasteiger charge is -2.38. The summed E-state index contributed by atoms with van der Waals surface area (Å²) in [6.07, 6.45) is 6.05. The molecule has 92 valence electrons. The summed E-state index contributed by atoms with van der Waals surface area (Å²) in [5.41, 5.74) is 0.946. The SMILES string of the molecule is CC1(C)CCCCC1Oc1ccc(C=O)cc1. The third-order valence-electron chi connectivity index (χ3n) is 3.70. The predicted molar refractivity (Wildman–Crippen MR) is 68.5 cm³/mol. The minimum atomic E-state index is 0.252. The lowest BCUT2D eigenvalue weighted by Crippen LogP contribution is -2.37. The molecule has 1 atom stereocenters. The number of hydrogen-bond acceptors (Lipinski definition) is 2. The summed E-state index contributed by atoms with van der Waals surface area (Å²) in [5, 5.41) is 0. The molecule has 0 aromatic heterocycles. The Labute approximate surface area is 103 Å². The molecule has 2 nitrogen and oxygen atoms in total. The van der Waals surface area contributed by atoms with Crippen molar-refractivity contribution in [1.29, 1.82) is 0 Å². The zero-order valence-corrected chi connectivity index (χ0v) is 10.6. The average Bonchev–Trinajstić information content (AvgIpc) is 2.33. The van der Waals surface area contributed by atoms with E-state index in [0.717, 1.165) is 18.5 Å². The van der Waals surface area contributed by atoms with E-state index in [4.69, 9.17) is 4.74 Å². The first kappa shape index (κ1) is 12.2. The second-order valence-corrected chi connectivity index (χ2v) is 5.53. The number of rotatable bonds is 3. The van der Waals surface area contributed by atoms with Gasteiger partial charge in [0.2, 0.25) is 0 Å². The molecule has 0 spiro atoms. The Bertz CT molecular complexity index is 378. The van der Waals surface area contributed by atoms with E-state index in [1.807, 2.05) is 12.1 Å². The Morgan fingerprint density at radius 2 is 1.94 bits per heavy atom. The molecule has 1 unspecified atom stereocenters. The fourth-order valence-corrected chi connectivity index (χ4v) is 2.47. The quantitative estimate of drug-likeness (QED) is 0.740. The summed E-state index contributed by atoms with van der Waals surface area (Å²) in [6, 6.07) is 7.37. The van der Waals surface area contributed by atoms with Crippen LogP contribution in [0.2, 0.25) is 0 Å². The highest BCUT2D eigenvalue weighted by atomic mass is 16.5. The van der Waals surface area contributed by atoms with Gasteiger partial charge in [0.05, 0.1) is 0 Å². The van der Waals surface area contributed by atoms with Crippen LogP contribution in [-0.4, -0.2) is 12.4 Å². The topological polar surface area (TPSA) is 26.3 Å². The average molecular weight is 232 g/mol. The van der Waals surface area contributed by atoms with Crippen LogP contribution in [0.3, 0.4) is 0 Å². The summed E-state index contributed by atoms with van der Waals surface area (Å²) < 4.78 is 6.05. The molecule has 1 aromatic carbocycles. The Morgan fingerprint density at radius 3 is 2.53 bits per heavy atom. The molecular formula is C15H20O2. The summed E-state index contributed by atoms with van der Waals surface area (Å²) in [4.78, 5) is 10.6. The molecule has 2 heteroatoms. The highest BCUT2D eigenvalue weighted by molar-refractivity contribution is 5.74. The molecule has 17 heavy (non-hydrogen) atoms. The number of carbonyl (C=O) groups excluding carboxylic acids is 1. The van der Waals surface area contributed by atoms with Crippen molar-refractivity contribution in [1.82, 2.24) is 0 Å². The molecular weight excluding hydrogens is 212 g/mol. The van der Waals surface area contributed by atoms with Crippen molar-refractivity contribution >= 4 is 6.29 Å². The molecule has 0 amide bonds. The van der Waals surface area contributed by atoms with Crippen LogP contribution < -0.4 is 4.74 Å². The van der Waals surface area contributed by atoms with E-state index in [1.54, 1.807) is 12.1 Å². The lowest BCUT2D eigenvalue weighted by atomic mass is 9.75. The van der Waals surface area contributed by atoms with Gasteiger partial charge in [-0.15, -0.1) is 0 Å². The second kappa shape index (κ2) is 4.91. The molecule has 0 aliphatic heterocycles. The van der Waals surface area contributed by atoms with Crippen LogP contribution in [0.15, 0.2) is 24.3 Å². The minimum absolute atomic E-state index is 0.252. The summed E-state index contributed by atoms with van der Waals surface area (Å²) >= 11 is 0. The van der Waals surface area contributed by atoms with Gasteiger partial charge in [-0.2, -0.15) is 0 Å². The molecule has 0 radical (unpaired) electrons. The van der Waals surface area contributed by atoms with Crippen LogP contribution in [-0.2, 0) is 0 Å². The van der Waals surface area contributed by atoms with Crippen LogP contribution in [0.5, 0.6) is 5.75 Å². The van der Waals surface area contributed by atoms with Gasteiger partial charge >= 0.3 is 0 Å². The molecule has 0 bridgehead atoms. The molecule has 0 heterocycles. The molecule has 1 fully saturated rings. The first-order valence-corrected chi connectivity index (χ1v) is 6.34. The van der Waals surface area contributed by atoms with E-state index in [1.165, 1.54) is 19.3 Å². The van der Waals surface area contributed by atoms with Gasteiger partial charge < -0.3 is 4.74 Å². The van der Waals surface area contributed by atoms with Crippen molar-refractivity contribution in [3.8, 4) is 5.75 Å². The third kappa shape index (κ3) is 2.87. The van der Waals surface area contributed by atoms with Gasteiger partial charge in [-0.3, -0.25) is 4.79 Å². The molecule has 1 aliphatic rings. The third-order valence-corrected chi connectivity index (χ3v) is 3.70. The second-order valence-electron chi connectivity index (χ2n) is 5.53. The van der Waals surface area contributed by atoms with Gasteiger partial charge in [-0.05, 0) is 43.5 Å². The van der Waals surface area contributed by atoms with E-state index < -0.39 is 0 Å². The smallest absolute Gasteiger partial charge is 0.150 e. The van der Waals surface area contributed by atoms with E-state index in [9.17, 15) is 4.79 Å². The van der Waals surface area contributed by atoms with Crippen molar-refractivity contribution in [2.24, 2.45) is 5.41 Å². The molecule has 1 aromatic rings. The normalized spacial score (nSPS) is 23.1. The number of carbonyl (C=O) groups is 1. The van der Waals surface area contributed by atoms with Gasteiger partial charge in [-0.1, -0.05) is 20.3 Å². The number of ether oxygens (including phenoxy) is 1. The van der Waals surface area contributed by atoms with Crippen LogP contribution >= 0.6 is 0 Å². The van der Waals surface area contributed by atoms with E-state index >= 15 is 0 Å². The first-order valence-electron chi connectivity index (χ1n) is 6.34. The lowest BCUT2D eigenvalue weighted by molar-refractivity contribution is 0.0339. The zero-order valence-electron chi connectivity index (χ0n) is 10.6. The van der Waals surface area contributed by atoms with Crippen LogP contribution in [0.1, 0.15) is 49.9 Å². The first-order chi connectivity index (χ1) is 8.12. The van der Waals surface area contributed by atoms with Gasteiger partial charge in [-0.25, -0.2) is 0 Å². The fraction of sp³-hybridized carbons (Fsp3) is 0.533.